The molecule has 0 bridgehead atoms. The van der Waals surface area contributed by atoms with E-state index in [2.05, 4.69) is 25.2 Å². The SMILES string of the molecule is CCC(C)CNCc1cc(C#N)cs1. The van der Waals surface area contributed by atoms with Crippen LogP contribution in [-0.2, 0) is 6.54 Å². The Hall–Kier alpha value is -0.850. The number of hydrogen-bond acceptors (Lipinski definition) is 3. The average molecular weight is 208 g/mol. The van der Waals surface area contributed by atoms with E-state index in [1.54, 1.807) is 11.3 Å². The van der Waals surface area contributed by atoms with Crippen LogP contribution in [-0.4, -0.2) is 6.54 Å². The van der Waals surface area contributed by atoms with Gasteiger partial charge >= 0.3 is 0 Å². The highest BCUT2D eigenvalue weighted by molar-refractivity contribution is 7.10. The minimum absolute atomic E-state index is 0.727. The van der Waals surface area contributed by atoms with Gasteiger partial charge in [-0.3, -0.25) is 0 Å². The van der Waals surface area contributed by atoms with Crippen molar-refractivity contribution in [3.05, 3.63) is 21.9 Å². The number of nitriles is 1. The van der Waals surface area contributed by atoms with Crippen LogP contribution in [0.3, 0.4) is 0 Å². The van der Waals surface area contributed by atoms with Crippen LogP contribution in [0.25, 0.3) is 0 Å². The molecule has 0 aliphatic rings. The monoisotopic (exact) mass is 208 g/mol. The summed E-state index contributed by atoms with van der Waals surface area (Å²) >= 11 is 1.65. The number of thiophene rings is 1. The molecular weight excluding hydrogens is 192 g/mol. The molecule has 0 spiro atoms. The van der Waals surface area contributed by atoms with E-state index in [1.807, 2.05) is 11.4 Å². The number of nitrogens with zero attached hydrogens (tertiary/aromatic N) is 1. The van der Waals surface area contributed by atoms with Gasteiger partial charge < -0.3 is 5.32 Å². The molecule has 2 nitrogen and oxygen atoms in total. The smallest absolute Gasteiger partial charge is 0.100 e. The first-order valence-electron chi connectivity index (χ1n) is 4.94. The fourth-order valence-electron chi connectivity index (χ4n) is 1.12. The normalized spacial score (nSPS) is 12.4. The highest BCUT2D eigenvalue weighted by Gasteiger charge is 2.00. The van der Waals surface area contributed by atoms with Crippen molar-refractivity contribution < 1.29 is 0 Å². The maximum absolute atomic E-state index is 8.64. The van der Waals surface area contributed by atoms with Crippen LogP contribution in [0.4, 0.5) is 0 Å². The standard InChI is InChI=1S/C11H16N2S/c1-3-9(2)6-13-7-11-4-10(5-12)8-14-11/h4,8-9,13H,3,6-7H2,1-2H3. The highest BCUT2D eigenvalue weighted by atomic mass is 32.1. The zero-order chi connectivity index (χ0) is 10.4. The Balaban J connectivity index is 2.28. The molecule has 1 N–H and O–H groups in total. The highest BCUT2D eigenvalue weighted by Crippen LogP contribution is 2.13. The fraction of sp³-hybridized carbons (Fsp3) is 0.545. The lowest BCUT2D eigenvalue weighted by molar-refractivity contribution is 0.501. The van der Waals surface area contributed by atoms with E-state index >= 15 is 0 Å². The largest absolute Gasteiger partial charge is 0.312 e. The molecule has 76 valence electrons. The molecule has 1 aromatic heterocycles. The van der Waals surface area contributed by atoms with E-state index < -0.39 is 0 Å². The van der Waals surface area contributed by atoms with Gasteiger partial charge in [0.1, 0.15) is 6.07 Å². The van der Waals surface area contributed by atoms with Crippen LogP contribution in [0.1, 0.15) is 30.7 Å². The van der Waals surface area contributed by atoms with Gasteiger partial charge in [-0.05, 0) is 18.5 Å². The summed E-state index contributed by atoms with van der Waals surface area (Å²) in [5, 5.41) is 13.9. The van der Waals surface area contributed by atoms with Crippen LogP contribution in [0.5, 0.6) is 0 Å². The van der Waals surface area contributed by atoms with E-state index in [0.717, 1.165) is 24.6 Å². The van der Waals surface area contributed by atoms with E-state index in [9.17, 15) is 0 Å². The van der Waals surface area contributed by atoms with Gasteiger partial charge in [0.25, 0.3) is 0 Å². The van der Waals surface area contributed by atoms with Crippen molar-refractivity contribution in [2.75, 3.05) is 6.54 Å². The van der Waals surface area contributed by atoms with Crippen LogP contribution in [0.2, 0.25) is 0 Å². The number of hydrogen-bond donors (Lipinski definition) is 1. The van der Waals surface area contributed by atoms with Crippen molar-refractivity contribution in [3.63, 3.8) is 0 Å². The minimum atomic E-state index is 0.727. The number of nitrogens with one attached hydrogen (secondary N) is 1. The quantitative estimate of drug-likeness (QED) is 0.807. The van der Waals surface area contributed by atoms with Gasteiger partial charge in [-0.2, -0.15) is 5.26 Å². The van der Waals surface area contributed by atoms with Gasteiger partial charge in [-0.15, -0.1) is 11.3 Å². The summed E-state index contributed by atoms with van der Waals surface area (Å²) in [6, 6.07) is 4.09. The van der Waals surface area contributed by atoms with Crippen LogP contribution < -0.4 is 5.32 Å². The molecule has 1 atom stereocenters. The molecule has 0 saturated carbocycles. The van der Waals surface area contributed by atoms with Gasteiger partial charge in [0, 0.05) is 16.8 Å². The zero-order valence-corrected chi connectivity index (χ0v) is 9.53. The lowest BCUT2D eigenvalue weighted by atomic mass is 10.1. The first-order valence-corrected chi connectivity index (χ1v) is 5.82. The lowest BCUT2D eigenvalue weighted by Gasteiger charge is -2.08. The summed E-state index contributed by atoms with van der Waals surface area (Å²) in [6.07, 6.45) is 1.21. The van der Waals surface area contributed by atoms with Gasteiger partial charge in [0.2, 0.25) is 0 Å². The summed E-state index contributed by atoms with van der Waals surface area (Å²) in [6.45, 7) is 6.38. The van der Waals surface area contributed by atoms with Crippen LogP contribution in [0, 0.1) is 17.2 Å². The molecule has 0 aliphatic heterocycles. The number of rotatable bonds is 5. The topological polar surface area (TPSA) is 35.8 Å². The summed E-state index contributed by atoms with van der Waals surface area (Å²) in [7, 11) is 0. The molecule has 1 heterocycles. The minimum Gasteiger partial charge on any atom is -0.312 e. The van der Waals surface area contributed by atoms with Crippen LogP contribution >= 0.6 is 11.3 Å². The van der Waals surface area contributed by atoms with E-state index in [4.69, 9.17) is 5.26 Å². The Labute approximate surface area is 89.6 Å². The van der Waals surface area contributed by atoms with E-state index in [1.165, 1.54) is 11.3 Å². The predicted molar refractivity (Wildman–Crippen MR) is 60.2 cm³/mol. The third-order valence-corrected chi connectivity index (χ3v) is 3.21. The maximum atomic E-state index is 8.64. The third-order valence-electron chi connectivity index (χ3n) is 2.27. The summed E-state index contributed by atoms with van der Waals surface area (Å²) in [5.74, 6) is 0.727. The fourth-order valence-corrected chi connectivity index (χ4v) is 1.90. The van der Waals surface area contributed by atoms with Gasteiger partial charge in [0.15, 0.2) is 0 Å². The molecule has 1 rings (SSSR count). The summed E-state index contributed by atoms with van der Waals surface area (Å²) in [5.41, 5.74) is 0.773. The molecule has 3 heteroatoms. The van der Waals surface area contributed by atoms with Crippen molar-refractivity contribution in [2.24, 2.45) is 5.92 Å². The molecule has 0 aliphatic carbocycles. The zero-order valence-electron chi connectivity index (χ0n) is 8.71. The Kier molecular flexibility index (Phi) is 4.64. The van der Waals surface area contributed by atoms with Crippen molar-refractivity contribution >= 4 is 11.3 Å². The van der Waals surface area contributed by atoms with Gasteiger partial charge in [-0.25, -0.2) is 0 Å². The Morgan fingerprint density at radius 3 is 3.00 bits per heavy atom. The van der Waals surface area contributed by atoms with E-state index in [0.29, 0.717) is 0 Å². The molecule has 1 unspecified atom stereocenters. The van der Waals surface area contributed by atoms with Crippen LogP contribution in [0.15, 0.2) is 11.4 Å². The Morgan fingerprint density at radius 1 is 1.64 bits per heavy atom. The molecular formula is C11H16N2S. The molecule has 1 aromatic rings. The predicted octanol–water partition coefficient (Wildman–Crippen LogP) is 2.76. The second-order valence-corrected chi connectivity index (χ2v) is 4.55. The lowest BCUT2D eigenvalue weighted by Crippen LogP contribution is -2.19. The molecule has 0 fully saturated rings. The molecule has 14 heavy (non-hydrogen) atoms. The second-order valence-electron chi connectivity index (χ2n) is 3.56. The second kappa shape index (κ2) is 5.79. The van der Waals surface area contributed by atoms with Crippen molar-refractivity contribution in [3.8, 4) is 6.07 Å². The van der Waals surface area contributed by atoms with Crippen molar-refractivity contribution in [1.82, 2.24) is 5.32 Å². The first kappa shape index (κ1) is 11.2. The average Bonchev–Trinajstić information content (AvgIpc) is 2.65. The molecule has 0 amide bonds. The van der Waals surface area contributed by atoms with Crippen molar-refractivity contribution in [1.29, 1.82) is 5.26 Å². The molecule has 0 saturated heterocycles. The van der Waals surface area contributed by atoms with Crippen molar-refractivity contribution in [2.45, 2.75) is 26.8 Å². The summed E-state index contributed by atoms with van der Waals surface area (Å²) in [4.78, 5) is 1.24. The van der Waals surface area contributed by atoms with Gasteiger partial charge in [-0.1, -0.05) is 20.3 Å². The third kappa shape index (κ3) is 3.49. The first-order chi connectivity index (χ1) is 6.76. The summed E-state index contributed by atoms with van der Waals surface area (Å²) < 4.78 is 0. The maximum Gasteiger partial charge on any atom is 0.100 e. The molecule has 0 aromatic carbocycles. The van der Waals surface area contributed by atoms with Gasteiger partial charge in [0.05, 0.1) is 5.56 Å². The Bertz CT molecular complexity index is 311. The molecule has 0 radical (unpaired) electrons. The van der Waals surface area contributed by atoms with E-state index in [-0.39, 0.29) is 0 Å². The Morgan fingerprint density at radius 2 is 2.43 bits per heavy atom.